The van der Waals surface area contributed by atoms with Crippen molar-refractivity contribution in [2.75, 3.05) is 60.0 Å². The molecule has 0 aliphatic carbocycles. The summed E-state index contributed by atoms with van der Waals surface area (Å²) in [4.78, 5) is 18.4. The van der Waals surface area contributed by atoms with Gasteiger partial charge in [0.05, 0.1) is 60.0 Å². The van der Waals surface area contributed by atoms with Crippen LogP contribution in [0.2, 0.25) is 0 Å². The third-order valence-corrected chi connectivity index (χ3v) is 1.72. The van der Waals surface area contributed by atoms with E-state index in [0.717, 1.165) is 0 Å². The van der Waals surface area contributed by atoms with Gasteiger partial charge in [-0.2, -0.15) is 4.89 Å². The lowest BCUT2D eigenvalue weighted by Gasteiger charge is -2.04. The molecule has 0 bridgehead atoms. The fraction of sp³-hybridized carbons (Fsp3) is 0.769. The zero-order valence-corrected chi connectivity index (χ0v) is 12.7. The van der Waals surface area contributed by atoms with E-state index in [4.69, 9.17) is 24.4 Å². The summed E-state index contributed by atoms with van der Waals surface area (Å²) in [6.45, 7) is 7.63. The molecule has 0 aliphatic rings. The number of carbonyl (C=O) groups excluding carboxylic acids is 1. The highest BCUT2D eigenvalue weighted by Crippen LogP contribution is 1.89. The van der Waals surface area contributed by atoms with Gasteiger partial charge in [-0.3, -0.25) is 4.89 Å². The Labute approximate surface area is 125 Å². The largest absolute Gasteiger partial charge is 0.394 e. The lowest BCUT2D eigenvalue weighted by atomic mass is 10.4. The second kappa shape index (κ2) is 19.0. The van der Waals surface area contributed by atoms with Gasteiger partial charge in [-0.05, 0) is 6.92 Å². The van der Waals surface area contributed by atoms with Gasteiger partial charge in [0, 0.05) is 5.57 Å². The zero-order valence-electron chi connectivity index (χ0n) is 12.7. The van der Waals surface area contributed by atoms with E-state index in [0.29, 0.717) is 45.2 Å². The van der Waals surface area contributed by atoms with Crippen molar-refractivity contribution in [1.82, 2.24) is 0 Å². The summed E-state index contributed by atoms with van der Waals surface area (Å²) in [5, 5.41) is 16.7. The van der Waals surface area contributed by atoms with E-state index in [2.05, 4.69) is 16.4 Å². The van der Waals surface area contributed by atoms with Crippen molar-refractivity contribution < 1.29 is 39.0 Å². The van der Waals surface area contributed by atoms with E-state index in [9.17, 15) is 4.79 Å². The lowest BCUT2D eigenvalue weighted by molar-refractivity contribution is -0.250. The summed E-state index contributed by atoms with van der Waals surface area (Å²) in [7, 11) is 1.26. The molecule has 0 heterocycles. The van der Waals surface area contributed by atoms with Gasteiger partial charge >= 0.3 is 5.97 Å². The summed E-state index contributed by atoms with van der Waals surface area (Å²) in [6, 6.07) is 0. The Morgan fingerprint density at radius 3 is 1.52 bits per heavy atom. The normalized spacial score (nSPS) is 9.71. The van der Waals surface area contributed by atoms with Crippen LogP contribution in [0.15, 0.2) is 12.2 Å². The standard InChI is InChI=1S/C8H18O5.C5H8O3/c9-1-3-11-5-7-13-8-6-12-4-2-10;1-4(2)5(6)8-7-3/h9-10H,1-8H2;1H2,2-3H3. The van der Waals surface area contributed by atoms with E-state index in [1.165, 1.54) is 7.11 Å². The molecule has 0 amide bonds. The van der Waals surface area contributed by atoms with E-state index in [1.807, 2.05) is 0 Å². The van der Waals surface area contributed by atoms with Crippen molar-refractivity contribution >= 4 is 5.97 Å². The number of rotatable bonds is 12. The minimum Gasteiger partial charge on any atom is -0.394 e. The Hall–Kier alpha value is -1.03. The molecule has 0 fully saturated rings. The molecule has 0 radical (unpaired) electrons. The molecular formula is C13H26O8. The van der Waals surface area contributed by atoms with Crippen molar-refractivity contribution in [3.05, 3.63) is 12.2 Å². The molecule has 0 aliphatic heterocycles. The maximum Gasteiger partial charge on any atom is 0.368 e. The number of carbonyl (C=O) groups is 1. The van der Waals surface area contributed by atoms with Crippen molar-refractivity contribution in [3.8, 4) is 0 Å². The average Bonchev–Trinajstić information content (AvgIpc) is 2.46. The highest BCUT2D eigenvalue weighted by Gasteiger charge is 2.00. The number of hydrogen-bond donors (Lipinski definition) is 2. The first-order valence-electron chi connectivity index (χ1n) is 6.45. The van der Waals surface area contributed by atoms with Crippen LogP contribution in [0, 0.1) is 0 Å². The summed E-state index contributed by atoms with van der Waals surface area (Å²) < 4.78 is 15.0. The first kappa shape index (κ1) is 22.3. The topological polar surface area (TPSA) is 104 Å². The quantitative estimate of drug-likeness (QED) is 0.219. The van der Waals surface area contributed by atoms with Crippen LogP contribution in [0.4, 0.5) is 0 Å². The maximum absolute atomic E-state index is 10.3. The Morgan fingerprint density at radius 2 is 1.29 bits per heavy atom. The van der Waals surface area contributed by atoms with Crippen molar-refractivity contribution in [2.45, 2.75) is 6.92 Å². The Morgan fingerprint density at radius 1 is 0.905 bits per heavy atom. The van der Waals surface area contributed by atoms with Gasteiger partial charge in [0.25, 0.3) is 0 Å². The summed E-state index contributed by atoms with van der Waals surface area (Å²) >= 11 is 0. The van der Waals surface area contributed by atoms with Gasteiger partial charge in [-0.25, -0.2) is 4.79 Å². The van der Waals surface area contributed by atoms with E-state index >= 15 is 0 Å². The number of aliphatic hydroxyl groups excluding tert-OH is 2. The third kappa shape index (κ3) is 21.4. The van der Waals surface area contributed by atoms with Crippen LogP contribution in [0.25, 0.3) is 0 Å². The molecule has 0 atom stereocenters. The van der Waals surface area contributed by atoms with Crippen LogP contribution in [0.5, 0.6) is 0 Å². The smallest absolute Gasteiger partial charge is 0.368 e. The fourth-order valence-electron chi connectivity index (χ4n) is 0.818. The number of aliphatic hydroxyl groups is 2. The molecule has 21 heavy (non-hydrogen) atoms. The number of ether oxygens (including phenoxy) is 3. The minimum atomic E-state index is -0.535. The molecule has 126 valence electrons. The van der Waals surface area contributed by atoms with Crippen LogP contribution in [0.3, 0.4) is 0 Å². The predicted octanol–water partition coefficient (Wildman–Crippen LogP) is -0.312. The fourth-order valence-corrected chi connectivity index (χ4v) is 0.818. The molecule has 0 aromatic rings. The molecule has 0 saturated heterocycles. The third-order valence-electron chi connectivity index (χ3n) is 1.72. The molecule has 0 saturated carbocycles. The van der Waals surface area contributed by atoms with Crippen LogP contribution < -0.4 is 0 Å². The molecule has 0 spiro atoms. The van der Waals surface area contributed by atoms with Crippen molar-refractivity contribution in [2.24, 2.45) is 0 Å². The van der Waals surface area contributed by atoms with Gasteiger partial charge in [0.1, 0.15) is 0 Å². The molecule has 0 rings (SSSR count). The van der Waals surface area contributed by atoms with Crippen LogP contribution in [0.1, 0.15) is 6.92 Å². The molecule has 8 nitrogen and oxygen atoms in total. The van der Waals surface area contributed by atoms with Crippen LogP contribution in [-0.2, 0) is 28.8 Å². The second-order valence-corrected chi connectivity index (χ2v) is 3.60. The van der Waals surface area contributed by atoms with Gasteiger partial charge in [0.2, 0.25) is 0 Å². The first-order valence-corrected chi connectivity index (χ1v) is 6.45. The van der Waals surface area contributed by atoms with Gasteiger partial charge in [-0.1, -0.05) is 6.58 Å². The highest BCUT2D eigenvalue weighted by molar-refractivity contribution is 5.86. The van der Waals surface area contributed by atoms with E-state index < -0.39 is 5.97 Å². The van der Waals surface area contributed by atoms with E-state index in [-0.39, 0.29) is 13.2 Å². The molecule has 0 aromatic carbocycles. The van der Waals surface area contributed by atoms with Crippen LogP contribution in [-0.4, -0.2) is 76.1 Å². The maximum atomic E-state index is 10.3. The van der Waals surface area contributed by atoms with Crippen LogP contribution >= 0.6 is 0 Å². The van der Waals surface area contributed by atoms with Crippen molar-refractivity contribution in [3.63, 3.8) is 0 Å². The Balaban J connectivity index is 0. The van der Waals surface area contributed by atoms with Crippen molar-refractivity contribution in [1.29, 1.82) is 0 Å². The molecule has 8 heteroatoms. The van der Waals surface area contributed by atoms with Gasteiger partial charge in [0.15, 0.2) is 0 Å². The zero-order chi connectivity index (χ0) is 16.3. The lowest BCUT2D eigenvalue weighted by Crippen LogP contribution is -2.11. The number of hydrogen-bond acceptors (Lipinski definition) is 8. The second-order valence-electron chi connectivity index (χ2n) is 3.60. The highest BCUT2D eigenvalue weighted by atomic mass is 17.2. The Kier molecular flexibility index (Phi) is 20.1. The molecule has 0 aromatic heterocycles. The molecular weight excluding hydrogens is 284 g/mol. The monoisotopic (exact) mass is 310 g/mol. The summed E-state index contributed by atoms with van der Waals surface area (Å²) in [6.07, 6.45) is 0. The predicted molar refractivity (Wildman–Crippen MR) is 74.5 cm³/mol. The minimum absolute atomic E-state index is 0.0413. The molecule has 0 unspecified atom stereocenters. The summed E-state index contributed by atoms with van der Waals surface area (Å²) in [5.74, 6) is -0.535. The average molecular weight is 310 g/mol. The van der Waals surface area contributed by atoms with Gasteiger partial charge < -0.3 is 24.4 Å². The summed E-state index contributed by atoms with van der Waals surface area (Å²) in [5.41, 5.74) is 0.326. The van der Waals surface area contributed by atoms with Gasteiger partial charge in [-0.15, -0.1) is 0 Å². The Bertz CT molecular complexity index is 234. The molecule has 2 N–H and O–H groups in total. The SMILES string of the molecule is C=C(C)C(=O)OOC.OCCOCCOCCOCCO. The van der Waals surface area contributed by atoms with E-state index in [1.54, 1.807) is 6.92 Å². The first-order chi connectivity index (χ1) is 10.1.